The van der Waals surface area contributed by atoms with E-state index in [2.05, 4.69) is 0 Å². The van der Waals surface area contributed by atoms with Crippen LogP contribution in [-0.4, -0.2) is 37.1 Å². The molecule has 0 aromatic heterocycles. The van der Waals surface area contributed by atoms with Crippen molar-refractivity contribution >= 4 is 5.91 Å². The van der Waals surface area contributed by atoms with Crippen molar-refractivity contribution in [3.05, 3.63) is 0 Å². The summed E-state index contributed by atoms with van der Waals surface area (Å²) in [6, 6.07) is 0. The van der Waals surface area contributed by atoms with Gasteiger partial charge in [0.1, 0.15) is 0 Å². The molecule has 0 fully saturated rings. The van der Waals surface area contributed by atoms with Crippen LogP contribution < -0.4 is 5.73 Å². The van der Waals surface area contributed by atoms with Crippen molar-refractivity contribution in [2.24, 2.45) is 5.73 Å². The van der Waals surface area contributed by atoms with Gasteiger partial charge in [-0.1, -0.05) is 0 Å². The van der Waals surface area contributed by atoms with Crippen LogP contribution in [0.4, 0.5) is 13.2 Å². The van der Waals surface area contributed by atoms with Crippen LogP contribution >= 0.6 is 0 Å². The molecule has 0 saturated heterocycles. The van der Waals surface area contributed by atoms with E-state index in [9.17, 15) is 18.0 Å². The molecular weight excluding hydrogens is 185 g/mol. The molecule has 13 heavy (non-hydrogen) atoms. The Morgan fingerprint density at radius 1 is 1.46 bits per heavy atom. The molecule has 2 N–H and O–H groups in total. The Morgan fingerprint density at radius 3 is 2.38 bits per heavy atom. The normalized spacial score (nSPS) is 11.5. The van der Waals surface area contributed by atoms with Crippen molar-refractivity contribution in [1.29, 1.82) is 0 Å². The molecule has 1 amide bonds. The fraction of sp³-hybridized carbons (Fsp3) is 0.857. The maximum atomic E-state index is 11.7. The average molecular weight is 198 g/mol. The minimum atomic E-state index is -4.26. The van der Waals surface area contributed by atoms with E-state index in [4.69, 9.17) is 5.73 Å². The van der Waals surface area contributed by atoms with Crippen molar-refractivity contribution in [2.45, 2.75) is 19.0 Å². The number of halogens is 3. The van der Waals surface area contributed by atoms with E-state index in [0.29, 0.717) is 0 Å². The van der Waals surface area contributed by atoms with Crippen LogP contribution in [0.1, 0.15) is 12.8 Å². The van der Waals surface area contributed by atoms with Crippen LogP contribution in [0, 0.1) is 0 Å². The Labute approximate surface area is 74.7 Å². The highest BCUT2D eigenvalue weighted by Crippen LogP contribution is 2.21. The van der Waals surface area contributed by atoms with Gasteiger partial charge >= 0.3 is 6.18 Å². The van der Waals surface area contributed by atoms with Crippen LogP contribution in [0.25, 0.3) is 0 Å². The monoisotopic (exact) mass is 198 g/mol. The number of alkyl halides is 3. The van der Waals surface area contributed by atoms with Crippen LogP contribution in [0.3, 0.4) is 0 Å². The Bertz CT molecular complexity index is 170. The Morgan fingerprint density at radius 2 is 2.00 bits per heavy atom. The quantitative estimate of drug-likeness (QED) is 0.724. The van der Waals surface area contributed by atoms with Crippen molar-refractivity contribution in [1.82, 2.24) is 4.90 Å². The molecule has 0 aromatic carbocycles. The second kappa shape index (κ2) is 5.06. The molecule has 0 rings (SSSR count). The van der Waals surface area contributed by atoms with E-state index in [1.54, 1.807) is 0 Å². The highest BCUT2D eigenvalue weighted by molar-refractivity contribution is 5.75. The third-order valence-corrected chi connectivity index (χ3v) is 1.51. The van der Waals surface area contributed by atoms with Gasteiger partial charge in [-0.15, -0.1) is 0 Å². The molecule has 0 atom stereocenters. The minimum absolute atomic E-state index is 0.258. The van der Waals surface area contributed by atoms with Gasteiger partial charge in [0.15, 0.2) is 0 Å². The number of carbonyl (C=O) groups excluding carboxylic acids is 1. The van der Waals surface area contributed by atoms with Crippen molar-refractivity contribution in [3.63, 3.8) is 0 Å². The van der Waals surface area contributed by atoms with Crippen LogP contribution in [0.5, 0.6) is 0 Å². The molecule has 0 unspecified atom stereocenters. The smallest absolute Gasteiger partial charge is 0.344 e. The van der Waals surface area contributed by atoms with E-state index in [0.717, 1.165) is 0 Å². The fourth-order valence-corrected chi connectivity index (χ4v) is 0.758. The van der Waals surface area contributed by atoms with Gasteiger partial charge in [0.05, 0.1) is 6.42 Å². The molecule has 0 aliphatic rings. The summed E-state index contributed by atoms with van der Waals surface area (Å²) in [4.78, 5) is 12.2. The maximum Gasteiger partial charge on any atom is 0.389 e. The van der Waals surface area contributed by atoms with Gasteiger partial charge in [-0.05, 0) is 0 Å². The van der Waals surface area contributed by atoms with Gasteiger partial charge < -0.3 is 10.6 Å². The van der Waals surface area contributed by atoms with Gasteiger partial charge in [0.2, 0.25) is 5.91 Å². The van der Waals surface area contributed by atoms with Crippen LogP contribution in [0.2, 0.25) is 0 Å². The van der Waals surface area contributed by atoms with E-state index in [-0.39, 0.29) is 13.1 Å². The summed E-state index contributed by atoms with van der Waals surface area (Å²) >= 11 is 0. The SMILES string of the molecule is CN(CCN)C(=O)CCC(F)(F)F. The second-order valence-corrected chi connectivity index (χ2v) is 2.72. The highest BCUT2D eigenvalue weighted by Gasteiger charge is 2.28. The van der Waals surface area contributed by atoms with E-state index >= 15 is 0 Å². The number of nitrogens with zero attached hydrogens (tertiary/aromatic N) is 1. The number of hydrogen-bond donors (Lipinski definition) is 1. The zero-order chi connectivity index (χ0) is 10.5. The number of nitrogens with two attached hydrogens (primary N) is 1. The number of carbonyl (C=O) groups is 1. The first-order chi connectivity index (χ1) is 5.87. The zero-order valence-corrected chi connectivity index (χ0v) is 7.40. The van der Waals surface area contributed by atoms with Gasteiger partial charge in [-0.2, -0.15) is 13.2 Å². The van der Waals surface area contributed by atoms with E-state index in [1.807, 2.05) is 0 Å². The third kappa shape index (κ3) is 6.39. The molecular formula is C7H13F3N2O. The lowest BCUT2D eigenvalue weighted by molar-refractivity contribution is -0.148. The molecule has 0 bridgehead atoms. The summed E-state index contributed by atoms with van der Waals surface area (Å²) in [7, 11) is 1.44. The first-order valence-corrected chi connectivity index (χ1v) is 3.87. The number of rotatable bonds is 4. The summed E-state index contributed by atoms with van der Waals surface area (Å²) in [5.41, 5.74) is 5.13. The van der Waals surface area contributed by atoms with E-state index in [1.165, 1.54) is 11.9 Å². The van der Waals surface area contributed by atoms with Crippen LogP contribution in [-0.2, 0) is 4.79 Å². The van der Waals surface area contributed by atoms with Gasteiger partial charge in [-0.3, -0.25) is 4.79 Å². The summed E-state index contributed by atoms with van der Waals surface area (Å²) in [6.45, 7) is 0.547. The lowest BCUT2D eigenvalue weighted by atomic mass is 10.3. The molecule has 0 radical (unpaired) electrons. The Balaban J connectivity index is 3.74. The molecule has 3 nitrogen and oxygen atoms in total. The first kappa shape index (κ1) is 12.2. The molecule has 0 heterocycles. The zero-order valence-electron chi connectivity index (χ0n) is 7.40. The van der Waals surface area contributed by atoms with Crippen LogP contribution in [0.15, 0.2) is 0 Å². The van der Waals surface area contributed by atoms with Crippen molar-refractivity contribution in [3.8, 4) is 0 Å². The molecule has 0 saturated carbocycles. The Hall–Kier alpha value is -0.780. The number of likely N-dealkylation sites (N-methyl/N-ethyl adjacent to an activating group) is 1. The Kier molecular flexibility index (Phi) is 4.76. The summed E-state index contributed by atoms with van der Waals surface area (Å²) in [5.74, 6) is -0.525. The molecule has 0 aliphatic carbocycles. The molecule has 0 aromatic rings. The maximum absolute atomic E-state index is 11.7. The topological polar surface area (TPSA) is 46.3 Å². The molecule has 78 valence electrons. The highest BCUT2D eigenvalue weighted by atomic mass is 19.4. The molecule has 0 spiro atoms. The van der Waals surface area contributed by atoms with Gasteiger partial charge in [0.25, 0.3) is 0 Å². The first-order valence-electron chi connectivity index (χ1n) is 3.87. The van der Waals surface area contributed by atoms with E-state index < -0.39 is 24.9 Å². The number of hydrogen-bond acceptors (Lipinski definition) is 2. The predicted molar refractivity (Wildman–Crippen MR) is 42.0 cm³/mol. The standard InChI is InChI=1S/C7H13F3N2O/c1-12(5-4-11)6(13)2-3-7(8,9)10/h2-5,11H2,1H3. The average Bonchev–Trinajstić information content (AvgIpc) is 1.99. The van der Waals surface area contributed by atoms with Gasteiger partial charge in [0, 0.05) is 26.6 Å². The summed E-state index contributed by atoms with van der Waals surface area (Å²) in [6.07, 6.45) is -5.83. The molecule has 0 aliphatic heterocycles. The largest absolute Gasteiger partial charge is 0.389 e. The summed E-state index contributed by atoms with van der Waals surface area (Å²) in [5, 5.41) is 0. The van der Waals surface area contributed by atoms with Gasteiger partial charge in [-0.25, -0.2) is 0 Å². The van der Waals surface area contributed by atoms with Crippen molar-refractivity contribution < 1.29 is 18.0 Å². The van der Waals surface area contributed by atoms with Crippen molar-refractivity contribution in [2.75, 3.05) is 20.1 Å². The lowest BCUT2D eigenvalue weighted by Gasteiger charge is -2.16. The minimum Gasteiger partial charge on any atom is -0.344 e. The summed E-state index contributed by atoms with van der Waals surface area (Å²) < 4.78 is 35.0. The fourth-order valence-electron chi connectivity index (χ4n) is 0.758. The third-order valence-electron chi connectivity index (χ3n) is 1.51. The predicted octanol–water partition coefficient (Wildman–Crippen LogP) is 0.746. The molecule has 6 heteroatoms. The second-order valence-electron chi connectivity index (χ2n) is 2.72. The lowest BCUT2D eigenvalue weighted by Crippen LogP contribution is -2.32. The number of amides is 1.